The molecule has 1 aliphatic rings. The Morgan fingerprint density at radius 2 is 2.20 bits per heavy atom. The quantitative estimate of drug-likeness (QED) is 0.892. The van der Waals surface area contributed by atoms with Crippen LogP contribution in [0.15, 0.2) is 18.2 Å². The fraction of sp³-hybridized carbons (Fsp3) is 0.533. The van der Waals surface area contributed by atoms with Crippen LogP contribution in [0, 0.1) is 5.82 Å². The Hall–Kier alpha value is -1.62. The van der Waals surface area contributed by atoms with Gasteiger partial charge in [0.25, 0.3) is 5.91 Å². The maximum absolute atomic E-state index is 13.8. The molecule has 0 aliphatic carbocycles. The molecule has 1 heterocycles. The van der Waals surface area contributed by atoms with E-state index in [0.717, 1.165) is 25.5 Å². The van der Waals surface area contributed by atoms with Crippen molar-refractivity contribution in [2.24, 2.45) is 0 Å². The molecule has 0 saturated carbocycles. The minimum Gasteiger partial charge on any atom is -0.508 e. The maximum atomic E-state index is 13.8. The largest absolute Gasteiger partial charge is 0.508 e. The molecule has 2 N–H and O–H groups in total. The number of nitrogens with zero attached hydrogens (tertiary/aromatic N) is 1. The monoisotopic (exact) mass is 280 g/mol. The average molecular weight is 280 g/mol. The van der Waals surface area contributed by atoms with Gasteiger partial charge in [-0.1, -0.05) is 13.8 Å². The minimum atomic E-state index is -0.670. The third kappa shape index (κ3) is 2.93. The molecule has 1 aliphatic heterocycles. The molecule has 2 rings (SSSR count). The molecule has 1 amide bonds. The lowest BCUT2D eigenvalue weighted by Crippen LogP contribution is -2.58. The van der Waals surface area contributed by atoms with Crippen LogP contribution in [0.25, 0.3) is 0 Å². The average Bonchev–Trinajstić information content (AvgIpc) is 2.46. The lowest BCUT2D eigenvalue weighted by atomic mass is 10.0. The molecule has 4 nitrogen and oxygen atoms in total. The van der Waals surface area contributed by atoms with Gasteiger partial charge in [0.2, 0.25) is 0 Å². The highest BCUT2D eigenvalue weighted by atomic mass is 19.1. The summed E-state index contributed by atoms with van der Waals surface area (Å²) in [4.78, 5) is 14.3. The first-order valence-electron chi connectivity index (χ1n) is 7.09. The Morgan fingerprint density at radius 1 is 1.45 bits per heavy atom. The third-order valence-corrected chi connectivity index (χ3v) is 3.91. The van der Waals surface area contributed by atoms with Crippen molar-refractivity contribution in [2.45, 2.75) is 38.8 Å². The normalized spacial score (nSPS) is 22.9. The summed E-state index contributed by atoms with van der Waals surface area (Å²) in [5.74, 6) is -1.14. The fourth-order valence-electron chi connectivity index (χ4n) is 2.58. The summed E-state index contributed by atoms with van der Waals surface area (Å²) in [6.45, 7) is 5.41. The van der Waals surface area contributed by atoms with Crippen molar-refractivity contribution in [3.8, 4) is 5.75 Å². The number of rotatable bonds is 3. The van der Waals surface area contributed by atoms with E-state index in [4.69, 9.17) is 0 Å². The second-order valence-corrected chi connectivity index (χ2v) is 5.20. The molecule has 1 saturated heterocycles. The van der Waals surface area contributed by atoms with E-state index in [0.29, 0.717) is 6.54 Å². The topological polar surface area (TPSA) is 52.6 Å². The Morgan fingerprint density at radius 3 is 2.80 bits per heavy atom. The molecule has 110 valence electrons. The second-order valence-electron chi connectivity index (χ2n) is 5.20. The van der Waals surface area contributed by atoms with Gasteiger partial charge in [0.15, 0.2) is 0 Å². The van der Waals surface area contributed by atoms with Crippen LogP contribution in [0.1, 0.15) is 37.0 Å². The van der Waals surface area contributed by atoms with E-state index in [1.54, 1.807) is 4.90 Å². The Kier molecular flexibility index (Phi) is 4.60. The van der Waals surface area contributed by atoms with Crippen LogP contribution in [-0.4, -0.2) is 41.1 Å². The Labute approximate surface area is 118 Å². The molecule has 2 atom stereocenters. The highest BCUT2D eigenvalue weighted by molar-refractivity contribution is 5.95. The van der Waals surface area contributed by atoms with E-state index in [1.165, 1.54) is 12.1 Å². The zero-order valence-electron chi connectivity index (χ0n) is 11.9. The summed E-state index contributed by atoms with van der Waals surface area (Å²) in [5, 5.41) is 12.6. The van der Waals surface area contributed by atoms with Crippen LogP contribution in [-0.2, 0) is 0 Å². The first-order valence-corrected chi connectivity index (χ1v) is 7.09. The van der Waals surface area contributed by atoms with Crippen molar-refractivity contribution in [3.05, 3.63) is 29.6 Å². The number of halogens is 1. The van der Waals surface area contributed by atoms with Gasteiger partial charge in [0.05, 0.1) is 5.56 Å². The molecular weight excluding hydrogens is 259 g/mol. The first kappa shape index (κ1) is 14.8. The van der Waals surface area contributed by atoms with Gasteiger partial charge in [-0.3, -0.25) is 4.79 Å². The van der Waals surface area contributed by atoms with Gasteiger partial charge in [0, 0.05) is 31.2 Å². The molecule has 1 aromatic carbocycles. The number of carbonyl (C=O) groups excluding carboxylic acids is 1. The van der Waals surface area contributed by atoms with Gasteiger partial charge in [-0.05, 0) is 25.0 Å². The molecule has 20 heavy (non-hydrogen) atoms. The summed E-state index contributed by atoms with van der Waals surface area (Å²) < 4.78 is 13.8. The van der Waals surface area contributed by atoms with Crippen molar-refractivity contribution in [2.75, 3.05) is 13.1 Å². The standard InChI is InChI=1S/C15H21FN2O2/c1-3-10-9-18(11(4-2)8-17-10)15(20)13-6-5-12(19)7-14(13)16/h5-7,10-11,17,19H,3-4,8-9H2,1-2H3. The highest BCUT2D eigenvalue weighted by Gasteiger charge is 2.31. The number of piperazine rings is 1. The SMILES string of the molecule is CCC1CN(C(=O)c2ccc(O)cc2F)C(CC)CN1. The molecule has 0 spiro atoms. The third-order valence-electron chi connectivity index (χ3n) is 3.91. The molecule has 0 aromatic heterocycles. The molecule has 5 heteroatoms. The van der Waals surface area contributed by atoms with E-state index in [-0.39, 0.29) is 29.3 Å². The van der Waals surface area contributed by atoms with Crippen molar-refractivity contribution in [1.82, 2.24) is 10.2 Å². The number of aromatic hydroxyl groups is 1. The number of amides is 1. The molecule has 0 radical (unpaired) electrons. The zero-order chi connectivity index (χ0) is 14.7. The van der Waals surface area contributed by atoms with Crippen LogP contribution in [0.3, 0.4) is 0 Å². The van der Waals surface area contributed by atoms with Crippen LogP contribution in [0.4, 0.5) is 4.39 Å². The number of hydrogen-bond donors (Lipinski definition) is 2. The summed E-state index contributed by atoms with van der Waals surface area (Å²) >= 11 is 0. The van der Waals surface area contributed by atoms with Gasteiger partial charge in [-0.25, -0.2) is 4.39 Å². The molecule has 0 bridgehead atoms. The lowest BCUT2D eigenvalue weighted by Gasteiger charge is -2.40. The lowest BCUT2D eigenvalue weighted by molar-refractivity contribution is 0.0571. The molecule has 2 unspecified atom stereocenters. The number of nitrogens with one attached hydrogen (secondary N) is 1. The summed E-state index contributed by atoms with van der Waals surface area (Å²) in [6, 6.07) is 4.01. The van der Waals surface area contributed by atoms with Gasteiger partial charge in [-0.15, -0.1) is 0 Å². The first-order chi connectivity index (χ1) is 9.56. The second kappa shape index (κ2) is 6.22. The van der Waals surface area contributed by atoms with E-state index < -0.39 is 5.82 Å². The predicted octanol–water partition coefficient (Wildman–Crippen LogP) is 2.13. The van der Waals surface area contributed by atoms with E-state index in [1.807, 2.05) is 6.92 Å². The van der Waals surface area contributed by atoms with Crippen molar-refractivity contribution < 1.29 is 14.3 Å². The number of hydrogen-bond acceptors (Lipinski definition) is 3. The van der Waals surface area contributed by atoms with Crippen molar-refractivity contribution in [1.29, 1.82) is 0 Å². The summed E-state index contributed by atoms with van der Waals surface area (Å²) in [5.41, 5.74) is 0.0259. The van der Waals surface area contributed by atoms with E-state index in [9.17, 15) is 14.3 Å². The zero-order valence-corrected chi connectivity index (χ0v) is 11.9. The highest BCUT2D eigenvalue weighted by Crippen LogP contribution is 2.20. The van der Waals surface area contributed by atoms with E-state index >= 15 is 0 Å². The number of phenolic OH excluding ortho intramolecular Hbond substituents is 1. The fourth-order valence-corrected chi connectivity index (χ4v) is 2.58. The van der Waals surface area contributed by atoms with Gasteiger partial charge in [0.1, 0.15) is 11.6 Å². The number of benzene rings is 1. The number of phenols is 1. The Balaban J connectivity index is 2.24. The Bertz CT molecular complexity index is 493. The summed E-state index contributed by atoms with van der Waals surface area (Å²) in [6.07, 6.45) is 1.76. The minimum absolute atomic E-state index is 0.0259. The van der Waals surface area contributed by atoms with Gasteiger partial charge < -0.3 is 15.3 Å². The van der Waals surface area contributed by atoms with Crippen molar-refractivity contribution >= 4 is 5.91 Å². The summed E-state index contributed by atoms with van der Waals surface area (Å²) in [7, 11) is 0. The van der Waals surface area contributed by atoms with Crippen LogP contribution < -0.4 is 5.32 Å². The van der Waals surface area contributed by atoms with Crippen LogP contribution >= 0.6 is 0 Å². The molecule has 1 aromatic rings. The predicted molar refractivity (Wildman–Crippen MR) is 75.3 cm³/mol. The van der Waals surface area contributed by atoms with E-state index in [2.05, 4.69) is 12.2 Å². The van der Waals surface area contributed by atoms with Crippen LogP contribution in [0.5, 0.6) is 5.75 Å². The van der Waals surface area contributed by atoms with Gasteiger partial charge in [-0.2, -0.15) is 0 Å². The number of carbonyl (C=O) groups is 1. The van der Waals surface area contributed by atoms with Crippen LogP contribution in [0.2, 0.25) is 0 Å². The van der Waals surface area contributed by atoms with Gasteiger partial charge >= 0.3 is 0 Å². The van der Waals surface area contributed by atoms with Crippen molar-refractivity contribution in [3.63, 3.8) is 0 Å². The smallest absolute Gasteiger partial charge is 0.257 e. The maximum Gasteiger partial charge on any atom is 0.257 e. The molecule has 1 fully saturated rings. The molecular formula is C15H21FN2O2.